The minimum absolute atomic E-state index is 0.149. The van der Waals surface area contributed by atoms with Crippen LogP contribution in [0, 0.1) is 20.8 Å². The Morgan fingerprint density at radius 2 is 2.00 bits per heavy atom. The first-order chi connectivity index (χ1) is 13.5. The molecule has 3 aromatic rings. The fraction of sp³-hybridized carbons (Fsp3) is 0.409. The van der Waals surface area contributed by atoms with Gasteiger partial charge in [-0.3, -0.25) is 4.79 Å². The molecule has 1 N–H and O–H groups in total. The van der Waals surface area contributed by atoms with Crippen molar-refractivity contribution < 1.29 is 9.53 Å². The first kappa shape index (κ1) is 20.0. The molecule has 6 nitrogen and oxygen atoms in total. The van der Waals surface area contributed by atoms with E-state index in [9.17, 15) is 4.79 Å². The molecule has 3 rings (SSSR count). The average molecular weight is 380 g/mol. The highest BCUT2D eigenvalue weighted by Crippen LogP contribution is 2.21. The van der Waals surface area contributed by atoms with E-state index in [2.05, 4.69) is 35.5 Å². The van der Waals surface area contributed by atoms with Crippen molar-refractivity contribution >= 4 is 11.6 Å². The second kappa shape index (κ2) is 8.97. The molecule has 0 radical (unpaired) electrons. The van der Waals surface area contributed by atoms with Crippen molar-refractivity contribution in [1.82, 2.24) is 19.9 Å². The lowest BCUT2D eigenvalue weighted by Gasteiger charge is -2.13. The molecule has 0 saturated carbocycles. The van der Waals surface area contributed by atoms with Crippen molar-refractivity contribution in [1.29, 1.82) is 0 Å². The molecule has 0 fully saturated rings. The maximum atomic E-state index is 12.6. The number of aromatic nitrogens is 3. The van der Waals surface area contributed by atoms with Crippen LogP contribution in [0.3, 0.4) is 0 Å². The van der Waals surface area contributed by atoms with Gasteiger partial charge in [-0.2, -0.15) is 5.10 Å². The zero-order chi connectivity index (χ0) is 20.1. The number of hydrogen-bond acceptors (Lipinski definition) is 4. The second-order valence-electron chi connectivity index (χ2n) is 6.96. The number of benzene rings is 1. The minimum atomic E-state index is -0.149. The summed E-state index contributed by atoms with van der Waals surface area (Å²) in [5.41, 5.74) is 6.73. The summed E-state index contributed by atoms with van der Waals surface area (Å²) in [4.78, 5) is 17.3. The number of nitrogens with one attached hydrogen (secondary N) is 1. The Labute approximate surface area is 165 Å². The van der Waals surface area contributed by atoms with Crippen LogP contribution < -0.4 is 5.32 Å². The Bertz CT molecular complexity index is 978. The van der Waals surface area contributed by atoms with Gasteiger partial charge in [-0.25, -0.2) is 9.50 Å². The summed E-state index contributed by atoms with van der Waals surface area (Å²) < 4.78 is 7.07. The van der Waals surface area contributed by atoms with Gasteiger partial charge in [-0.1, -0.05) is 24.3 Å². The van der Waals surface area contributed by atoms with Crippen molar-refractivity contribution in [3.8, 4) is 0 Å². The lowest BCUT2D eigenvalue weighted by molar-refractivity contribution is 0.0945. The van der Waals surface area contributed by atoms with Crippen LogP contribution in [0.15, 0.2) is 30.5 Å². The molecule has 0 aliphatic rings. The average Bonchev–Trinajstić information content (AvgIpc) is 3.10. The van der Waals surface area contributed by atoms with Gasteiger partial charge >= 0.3 is 0 Å². The predicted octanol–water partition coefficient (Wildman–Crippen LogP) is 3.40. The Hall–Kier alpha value is -2.73. The molecule has 0 aliphatic carbocycles. The van der Waals surface area contributed by atoms with E-state index in [1.165, 1.54) is 11.1 Å². The van der Waals surface area contributed by atoms with Gasteiger partial charge in [0.15, 0.2) is 5.65 Å². The van der Waals surface area contributed by atoms with E-state index in [0.717, 1.165) is 29.8 Å². The van der Waals surface area contributed by atoms with Crippen LogP contribution in [-0.2, 0) is 11.2 Å². The van der Waals surface area contributed by atoms with E-state index >= 15 is 0 Å². The maximum absolute atomic E-state index is 12.6. The summed E-state index contributed by atoms with van der Waals surface area (Å²) in [5.74, 6) is -0.149. The molecule has 0 unspecified atom stereocenters. The topological polar surface area (TPSA) is 68.5 Å². The summed E-state index contributed by atoms with van der Waals surface area (Å²) in [6, 6.07) is 8.37. The Morgan fingerprint density at radius 3 is 2.75 bits per heavy atom. The van der Waals surface area contributed by atoms with Gasteiger partial charge < -0.3 is 10.1 Å². The third-order valence-electron chi connectivity index (χ3n) is 5.04. The summed E-state index contributed by atoms with van der Waals surface area (Å²) in [5, 5.41) is 7.36. The normalized spacial score (nSPS) is 11.1. The van der Waals surface area contributed by atoms with Crippen molar-refractivity contribution in [3.05, 3.63) is 64.1 Å². The lowest BCUT2D eigenvalue weighted by Crippen LogP contribution is -2.25. The Balaban J connectivity index is 1.83. The largest absolute Gasteiger partial charge is 0.382 e. The maximum Gasteiger partial charge on any atom is 0.256 e. The van der Waals surface area contributed by atoms with Crippen LogP contribution in [0.2, 0.25) is 0 Å². The number of rotatable bonds is 8. The number of carbonyl (C=O) groups is 1. The molecule has 0 saturated heterocycles. The van der Waals surface area contributed by atoms with Crippen LogP contribution in [0.25, 0.3) is 5.65 Å². The van der Waals surface area contributed by atoms with E-state index in [0.29, 0.717) is 31.0 Å². The lowest BCUT2D eigenvalue weighted by atomic mass is 9.99. The Kier molecular flexibility index (Phi) is 6.41. The van der Waals surface area contributed by atoms with Crippen LogP contribution in [0.1, 0.15) is 51.8 Å². The molecule has 2 aromatic heterocycles. The number of ether oxygens (including phenoxy) is 1. The molecular weight excluding hydrogens is 352 g/mol. The fourth-order valence-electron chi connectivity index (χ4n) is 3.34. The summed E-state index contributed by atoms with van der Waals surface area (Å²) in [6.07, 6.45) is 3.18. The standard InChI is InChI=1S/C22H28N4O2/c1-5-28-12-8-11-23-22(27)20-14-24-26-17(4)19(16(3)25-21(20)26)13-18-10-7-6-9-15(18)2/h6-7,9-10,14H,5,8,11-13H2,1-4H3,(H,23,27). The molecule has 148 valence electrons. The SMILES string of the molecule is CCOCCCNC(=O)c1cnn2c(C)c(Cc3ccccc3C)c(C)nc12. The molecule has 0 bridgehead atoms. The van der Waals surface area contributed by atoms with Gasteiger partial charge in [0.25, 0.3) is 5.91 Å². The number of aryl methyl sites for hydroxylation is 3. The van der Waals surface area contributed by atoms with E-state index < -0.39 is 0 Å². The number of fused-ring (bicyclic) bond motifs is 1. The highest BCUT2D eigenvalue weighted by molar-refractivity contribution is 5.99. The van der Waals surface area contributed by atoms with E-state index in [4.69, 9.17) is 9.72 Å². The van der Waals surface area contributed by atoms with Crippen molar-refractivity contribution in [2.24, 2.45) is 0 Å². The van der Waals surface area contributed by atoms with Gasteiger partial charge in [0, 0.05) is 37.6 Å². The molecule has 0 aliphatic heterocycles. The van der Waals surface area contributed by atoms with Gasteiger partial charge in [0.2, 0.25) is 0 Å². The van der Waals surface area contributed by atoms with Gasteiger partial charge in [0.1, 0.15) is 5.56 Å². The van der Waals surface area contributed by atoms with Gasteiger partial charge in [0.05, 0.1) is 6.20 Å². The zero-order valence-electron chi connectivity index (χ0n) is 17.1. The van der Waals surface area contributed by atoms with Crippen LogP contribution in [0.5, 0.6) is 0 Å². The van der Waals surface area contributed by atoms with Gasteiger partial charge in [-0.15, -0.1) is 0 Å². The second-order valence-corrected chi connectivity index (χ2v) is 6.96. The molecular formula is C22H28N4O2. The summed E-state index contributed by atoms with van der Waals surface area (Å²) in [6.45, 7) is 10.0. The van der Waals surface area contributed by atoms with E-state index in [1.54, 1.807) is 10.7 Å². The summed E-state index contributed by atoms with van der Waals surface area (Å²) in [7, 11) is 0. The molecule has 2 heterocycles. The van der Waals surface area contributed by atoms with Crippen molar-refractivity contribution in [3.63, 3.8) is 0 Å². The third-order valence-corrected chi connectivity index (χ3v) is 5.04. The molecule has 0 spiro atoms. The highest BCUT2D eigenvalue weighted by Gasteiger charge is 2.18. The number of hydrogen-bond donors (Lipinski definition) is 1. The zero-order valence-corrected chi connectivity index (χ0v) is 17.1. The smallest absolute Gasteiger partial charge is 0.256 e. The molecule has 1 amide bonds. The predicted molar refractivity (Wildman–Crippen MR) is 110 cm³/mol. The first-order valence-electron chi connectivity index (χ1n) is 9.77. The molecule has 28 heavy (non-hydrogen) atoms. The first-order valence-corrected chi connectivity index (χ1v) is 9.77. The fourth-order valence-corrected chi connectivity index (χ4v) is 3.34. The van der Waals surface area contributed by atoms with Crippen LogP contribution >= 0.6 is 0 Å². The van der Waals surface area contributed by atoms with Crippen LogP contribution in [0.4, 0.5) is 0 Å². The van der Waals surface area contributed by atoms with Gasteiger partial charge in [-0.05, 0) is 50.8 Å². The van der Waals surface area contributed by atoms with E-state index in [-0.39, 0.29) is 5.91 Å². The monoisotopic (exact) mass is 380 g/mol. The van der Waals surface area contributed by atoms with Crippen molar-refractivity contribution in [2.75, 3.05) is 19.8 Å². The molecule has 6 heteroatoms. The van der Waals surface area contributed by atoms with Crippen LogP contribution in [-0.4, -0.2) is 40.3 Å². The minimum Gasteiger partial charge on any atom is -0.382 e. The molecule has 1 aromatic carbocycles. The number of nitrogens with zero attached hydrogens (tertiary/aromatic N) is 3. The molecule has 0 atom stereocenters. The van der Waals surface area contributed by atoms with E-state index in [1.807, 2.05) is 26.8 Å². The Morgan fingerprint density at radius 1 is 1.21 bits per heavy atom. The number of amides is 1. The quantitative estimate of drug-likeness (QED) is 0.608. The number of carbonyl (C=O) groups excluding carboxylic acids is 1. The highest BCUT2D eigenvalue weighted by atomic mass is 16.5. The third kappa shape index (κ3) is 4.22. The summed E-state index contributed by atoms with van der Waals surface area (Å²) >= 11 is 0. The van der Waals surface area contributed by atoms with Crippen molar-refractivity contribution in [2.45, 2.75) is 40.5 Å².